The van der Waals surface area contributed by atoms with Gasteiger partial charge in [0, 0.05) is 12.7 Å². The number of aromatic hydroxyl groups is 1. The van der Waals surface area contributed by atoms with Crippen LogP contribution in [0.2, 0.25) is 0 Å². The topological polar surface area (TPSA) is 95.9 Å². The molecule has 0 saturated heterocycles. The van der Waals surface area contributed by atoms with Crippen LogP contribution < -0.4 is 5.32 Å². The van der Waals surface area contributed by atoms with Crippen molar-refractivity contribution in [2.45, 2.75) is 13.0 Å². The van der Waals surface area contributed by atoms with E-state index in [-0.39, 0.29) is 12.3 Å². The molecule has 18 heavy (non-hydrogen) atoms. The van der Waals surface area contributed by atoms with E-state index in [4.69, 9.17) is 9.84 Å². The molecule has 1 atom stereocenters. The molecule has 1 rings (SSSR count). The number of carboxylic acid groups (broad SMARTS) is 1. The van der Waals surface area contributed by atoms with Crippen molar-refractivity contribution in [2.75, 3.05) is 13.7 Å². The Bertz CT molecular complexity index is 458. The summed E-state index contributed by atoms with van der Waals surface area (Å²) in [5.74, 6) is -1.47. The molecule has 0 aliphatic heterocycles. The van der Waals surface area contributed by atoms with Crippen molar-refractivity contribution < 1.29 is 24.5 Å². The molecular formula is C12H15NO5. The molecule has 0 aliphatic rings. The van der Waals surface area contributed by atoms with E-state index >= 15 is 0 Å². The SMILES string of the molecule is COC(CNC(=O)c1ccc(O)cc1C)C(=O)O. The smallest absolute Gasteiger partial charge is 0.334 e. The molecule has 0 aliphatic carbocycles. The number of carbonyl (C=O) groups excluding carboxylic acids is 1. The first-order chi connectivity index (χ1) is 8.45. The predicted molar refractivity (Wildman–Crippen MR) is 63.6 cm³/mol. The van der Waals surface area contributed by atoms with Crippen molar-refractivity contribution in [3.05, 3.63) is 29.3 Å². The average molecular weight is 253 g/mol. The van der Waals surface area contributed by atoms with Gasteiger partial charge in [0.25, 0.3) is 5.91 Å². The Kier molecular flexibility index (Phi) is 4.67. The number of hydrogen-bond acceptors (Lipinski definition) is 4. The standard InChI is InChI=1S/C12H15NO5/c1-7-5-8(14)3-4-9(7)11(15)13-6-10(18-2)12(16)17/h3-5,10,14H,6H2,1-2H3,(H,13,15)(H,16,17). The van der Waals surface area contributed by atoms with Crippen molar-refractivity contribution in [3.8, 4) is 5.75 Å². The van der Waals surface area contributed by atoms with E-state index < -0.39 is 18.0 Å². The number of rotatable bonds is 5. The molecule has 1 unspecified atom stereocenters. The van der Waals surface area contributed by atoms with Gasteiger partial charge < -0.3 is 20.3 Å². The molecule has 0 spiro atoms. The van der Waals surface area contributed by atoms with Gasteiger partial charge in [-0.25, -0.2) is 4.79 Å². The molecule has 0 bridgehead atoms. The van der Waals surface area contributed by atoms with Crippen LogP contribution in [0.25, 0.3) is 0 Å². The normalized spacial score (nSPS) is 11.9. The van der Waals surface area contributed by atoms with Gasteiger partial charge >= 0.3 is 5.97 Å². The minimum atomic E-state index is -1.14. The lowest BCUT2D eigenvalue weighted by Crippen LogP contribution is -2.38. The fourth-order valence-corrected chi connectivity index (χ4v) is 1.45. The number of ether oxygens (including phenoxy) is 1. The number of phenols is 1. The molecular weight excluding hydrogens is 238 g/mol. The Labute approximate surface area is 104 Å². The Morgan fingerprint density at radius 1 is 1.44 bits per heavy atom. The van der Waals surface area contributed by atoms with Gasteiger partial charge in [0.1, 0.15) is 5.75 Å². The van der Waals surface area contributed by atoms with Gasteiger partial charge in [-0.1, -0.05) is 0 Å². The number of nitrogens with one attached hydrogen (secondary N) is 1. The maximum atomic E-state index is 11.8. The Hall–Kier alpha value is -2.08. The first kappa shape index (κ1) is 14.0. The minimum absolute atomic E-state index is 0.0735. The minimum Gasteiger partial charge on any atom is -0.508 e. The summed E-state index contributed by atoms with van der Waals surface area (Å²) in [6.07, 6.45) is -1.08. The van der Waals surface area contributed by atoms with E-state index in [2.05, 4.69) is 5.32 Å². The predicted octanol–water partition coefficient (Wildman–Crippen LogP) is 0.530. The lowest BCUT2D eigenvalue weighted by molar-refractivity contribution is -0.148. The first-order valence-corrected chi connectivity index (χ1v) is 5.29. The van der Waals surface area contributed by atoms with Gasteiger partial charge in [-0.15, -0.1) is 0 Å². The van der Waals surface area contributed by atoms with Crippen LogP contribution in [0.4, 0.5) is 0 Å². The van der Waals surface area contributed by atoms with Crippen LogP contribution in [0.5, 0.6) is 5.75 Å². The molecule has 1 aromatic rings. The summed E-state index contributed by atoms with van der Waals surface area (Å²) in [7, 11) is 1.26. The third kappa shape index (κ3) is 3.46. The second kappa shape index (κ2) is 6.02. The summed E-state index contributed by atoms with van der Waals surface area (Å²) in [6, 6.07) is 4.33. The summed E-state index contributed by atoms with van der Waals surface area (Å²) in [6.45, 7) is 1.56. The molecule has 0 saturated carbocycles. The number of amides is 1. The quantitative estimate of drug-likeness (QED) is 0.711. The van der Waals surface area contributed by atoms with Crippen molar-refractivity contribution >= 4 is 11.9 Å². The van der Waals surface area contributed by atoms with Crippen LogP contribution in [-0.2, 0) is 9.53 Å². The number of aliphatic carboxylic acids is 1. The maximum Gasteiger partial charge on any atom is 0.334 e. The van der Waals surface area contributed by atoms with Crippen molar-refractivity contribution in [1.29, 1.82) is 0 Å². The van der Waals surface area contributed by atoms with Crippen LogP contribution in [0.1, 0.15) is 15.9 Å². The zero-order valence-corrected chi connectivity index (χ0v) is 10.1. The lowest BCUT2D eigenvalue weighted by atomic mass is 10.1. The molecule has 6 heteroatoms. The van der Waals surface area contributed by atoms with E-state index in [0.717, 1.165) is 0 Å². The van der Waals surface area contributed by atoms with Crippen LogP contribution in [0.15, 0.2) is 18.2 Å². The average Bonchev–Trinajstić information content (AvgIpc) is 2.28. The maximum absolute atomic E-state index is 11.8. The summed E-state index contributed by atoms with van der Waals surface area (Å²) in [5, 5.41) is 20.4. The summed E-state index contributed by atoms with van der Waals surface area (Å²) < 4.78 is 4.69. The molecule has 0 aromatic heterocycles. The number of carboxylic acids is 1. The Morgan fingerprint density at radius 2 is 2.11 bits per heavy atom. The monoisotopic (exact) mass is 253 g/mol. The van der Waals surface area contributed by atoms with Crippen LogP contribution in [-0.4, -0.2) is 41.8 Å². The molecule has 1 amide bonds. The van der Waals surface area contributed by atoms with Gasteiger partial charge in [0.2, 0.25) is 0 Å². The van der Waals surface area contributed by atoms with E-state index in [1.54, 1.807) is 6.92 Å². The van der Waals surface area contributed by atoms with Crippen molar-refractivity contribution in [2.24, 2.45) is 0 Å². The Morgan fingerprint density at radius 3 is 2.61 bits per heavy atom. The molecule has 3 N–H and O–H groups in total. The summed E-state index contributed by atoms with van der Waals surface area (Å²) in [4.78, 5) is 22.5. The fraction of sp³-hybridized carbons (Fsp3) is 0.333. The number of hydrogen-bond donors (Lipinski definition) is 3. The van der Waals surface area contributed by atoms with Crippen LogP contribution in [0.3, 0.4) is 0 Å². The largest absolute Gasteiger partial charge is 0.508 e. The van der Waals surface area contributed by atoms with Gasteiger partial charge in [-0.05, 0) is 30.7 Å². The number of benzene rings is 1. The van der Waals surface area contributed by atoms with Crippen molar-refractivity contribution in [3.63, 3.8) is 0 Å². The fourth-order valence-electron chi connectivity index (χ4n) is 1.45. The van der Waals surface area contributed by atoms with E-state index in [9.17, 15) is 14.7 Å². The van der Waals surface area contributed by atoms with Gasteiger partial charge in [0.05, 0.1) is 6.54 Å². The van der Waals surface area contributed by atoms with Gasteiger partial charge in [0.15, 0.2) is 6.10 Å². The molecule has 6 nitrogen and oxygen atoms in total. The Balaban J connectivity index is 2.68. The highest BCUT2D eigenvalue weighted by atomic mass is 16.5. The highest BCUT2D eigenvalue weighted by Gasteiger charge is 2.18. The molecule has 0 fully saturated rings. The van der Waals surface area contributed by atoms with Gasteiger partial charge in [-0.2, -0.15) is 0 Å². The number of carbonyl (C=O) groups is 2. The second-order valence-electron chi connectivity index (χ2n) is 3.77. The highest BCUT2D eigenvalue weighted by Crippen LogP contribution is 2.15. The lowest BCUT2D eigenvalue weighted by Gasteiger charge is -2.12. The van der Waals surface area contributed by atoms with Crippen LogP contribution >= 0.6 is 0 Å². The van der Waals surface area contributed by atoms with E-state index in [1.807, 2.05) is 0 Å². The van der Waals surface area contributed by atoms with E-state index in [0.29, 0.717) is 11.1 Å². The summed E-state index contributed by atoms with van der Waals surface area (Å²) in [5.41, 5.74) is 0.991. The highest BCUT2D eigenvalue weighted by molar-refractivity contribution is 5.96. The third-order valence-electron chi connectivity index (χ3n) is 2.46. The third-order valence-corrected chi connectivity index (χ3v) is 2.46. The second-order valence-corrected chi connectivity index (χ2v) is 3.77. The first-order valence-electron chi connectivity index (χ1n) is 5.29. The number of aryl methyl sites for hydroxylation is 1. The van der Waals surface area contributed by atoms with Crippen molar-refractivity contribution in [1.82, 2.24) is 5.32 Å². The zero-order valence-electron chi connectivity index (χ0n) is 10.1. The summed E-state index contributed by atoms with van der Waals surface area (Å²) >= 11 is 0. The molecule has 0 heterocycles. The number of methoxy groups -OCH3 is 1. The number of phenolic OH excluding ortho intramolecular Hbond substituents is 1. The zero-order chi connectivity index (χ0) is 13.7. The van der Waals surface area contributed by atoms with E-state index in [1.165, 1.54) is 25.3 Å². The van der Waals surface area contributed by atoms with Gasteiger partial charge in [-0.3, -0.25) is 4.79 Å². The molecule has 1 aromatic carbocycles. The van der Waals surface area contributed by atoms with Crippen LogP contribution in [0, 0.1) is 6.92 Å². The molecule has 98 valence electrons. The molecule has 0 radical (unpaired) electrons.